The molecule has 1 aliphatic carbocycles. The van der Waals surface area contributed by atoms with Gasteiger partial charge in [-0.25, -0.2) is 0 Å². The van der Waals surface area contributed by atoms with Gasteiger partial charge < -0.3 is 5.32 Å². The minimum absolute atomic E-state index is 0.279. The highest BCUT2D eigenvalue weighted by Crippen LogP contribution is 2.36. The SMILES string of the molecule is O=Cc1cc2nccc(N[C@@H]3CCc4ncccc43)c2s1. The Morgan fingerprint density at radius 2 is 2.24 bits per heavy atom. The Kier molecular flexibility index (Phi) is 2.93. The molecule has 1 N–H and O–H groups in total. The number of pyridine rings is 2. The number of aromatic nitrogens is 2. The van der Waals surface area contributed by atoms with Gasteiger partial charge in [0.1, 0.15) is 0 Å². The number of aryl methyl sites for hydroxylation is 1. The van der Waals surface area contributed by atoms with Crippen LogP contribution in [0.4, 0.5) is 5.69 Å². The van der Waals surface area contributed by atoms with Gasteiger partial charge in [0, 0.05) is 18.1 Å². The highest BCUT2D eigenvalue weighted by Gasteiger charge is 2.23. The van der Waals surface area contributed by atoms with E-state index < -0.39 is 0 Å². The van der Waals surface area contributed by atoms with Crippen molar-refractivity contribution >= 4 is 33.5 Å². The molecule has 4 rings (SSSR count). The van der Waals surface area contributed by atoms with Crippen molar-refractivity contribution in [3.05, 3.63) is 52.8 Å². The third-order valence-corrected chi connectivity index (χ3v) is 4.93. The summed E-state index contributed by atoms with van der Waals surface area (Å²) in [5.41, 5.74) is 4.37. The molecule has 0 saturated carbocycles. The maximum Gasteiger partial charge on any atom is 0.160 e. The number of fused-ring (bicyclic) bond motifs is 2. The van der Waals surface area contributed by atoms with Crippen molar-refractivity contribution in [2.45, 2.75) is 18.9 Å². The summed E-state index contributed by atoms with van der Waals surface area (Å²) in [6, 6.07) is 8.21. The Labute approximate surface area is 125 Å². The molecule has 0 radical (unpaired) electrons. The van der Waals surface area contributed by atoms with E-state index in [2.05, 4.69) is 21.4 Å². The number of hydrogen-bond donors (Lipinski definition) is 1. The van der Waals surface area contributed by atoms with E-state index in [-0.39, 0.29) is 6.04 Å². The van der Waals surface area contributed by atoms with E-state index in [0.29, 0.717) is 4.88 Å². The second-order valence-corrected chi connectivity index (χ2v) is 6.20. The quantitative estimate of drug-likeness (QED) is 0.750. The number of nitrogens with one attached hydrogen (secondary N) is 1. The molecule has 1 aliphatic rings. The highest BCUT2D eigenvalue weighted by molar-refractivity contribution is 7.21. The van der Waals surface area contributed by atoms with Crippen LogP contribution in [0.5, 0.6) is 0 Å². The molecule has 3 heterocycles. The van der Waals surface area contributed by atoms with Gasteiger partial charge in [0.25, 0.3) is 0 Å². The Hall–Kier alpha value is -2.27. The van der Waals surface area contributed by atoms with Crippen molar-refractivity contribution in [3.8, 4) is 0 Å². The van der Waals surface area contributed by atoms with Crippen molar-refractivity contribution in [1.82, 2.24) is 9.97 Å². The van der Waals surface area contributed by atoms with Crippen molar-refractivity contribution in [3.63, 3.8) is 0 Å². The zero-order chi connectivity index (χ0) is 14.2. The first-order valence-corrected chi connectivity index (χ1v) is 7.71. The molecule has 0 fully saturated rings. The molecule has 21 heavy (non-hydrogen) atoms. The molecule has 5 heteroatoms. The van der Waals surface area contributed by atoms with Gasteiger partial charge in [0.05, 0.1) is 26.8 Å². The van der Waals surface area contributed by atoms with Gasteiger partial charge in [-0.15, -0.1) is 11.3 Å². The fourth-order valence-electron chi connectivity index (χ4n) is 2.88. The van der Waals surface area contributed by atoms with Gasteiger partial charge in [-0.3, -0.25) is 14.8 Å². The zero-order valence-electron chi connectivity index (χ0n) is 11.2. The lowest BCUT2D eigenvalue weighted by Crippen LogP contribution is -2.07. The van der Waals surface area contributed by atoms with Gasteiger partial charge in [0.15, 0.2) is 6.29 Å². The Morgan fingerprint density at radius 3 is 3.14 bits per heavy atom. The number of nitrogens with zero attached hydrogens (tertiary/aromatic N) is 2. The molecule has 3 aromatic rings. The standard InChI is InChI=1S/C16H13N3OS/c20-9-10-8-15-16(21-10)14(5-7-18-15)19-13-4-3-12-11(13)2-1-6-17-12/h1-2,5-9,13H,3-4H2,(H,18,19)/t13-/m1/s1. The highest BCUT2D eigenvalue weighted by atomic mass is 32.1. The van der Waals surface area contributed by atoms with Gasteiger partial charge in [-0.05, 0) is 36.6 Å². The van der Waals surface area contributed by atoms with E-state index in [1.165, 1.54) is 22.6 Å². The van der Waals surface area contributed by atoms with Crippen LogP contribution < -0.4 is 5.32 Å². The molecule has 0 aromatic carbocycles. The summed E-state index contributed by atoms with van der Waals surface area (Å²) in [5.74, 6) is 0. The monoisotopic (exact) mass is 295 g/mol. The number of thiophene rings is 1. The van der Waals surface area contributed by atoms with Crippen LogP contribution in [0.2, 0.25) is 0 Å². The van der Waals surface area contributed by atoms with E-state index >= 15 is 0 Å². The first-order valence-electron chi connectivity index (χ1n) is 6.89. The summed E-state index contributed by atoms with van der Waals surface area (Å²) < 4.78 is 1.04. The van der Waals surface area contributed by atoms with Crippen LogP contribution in [-0.2, 0) is 6.42 Å². The lowest BCUT2D eigenvalue weighted by Gasteiger charge is -2.15. The first-order chi connectivity index (χ1) is 10.3. The van der Waals surface area contributed by atoms with Crippen molar-refractivity contribution in [2.75, 3.05) is 5.32 Å². The maximum absolute atomic E-state index is 10.9. The Balaban J connectivity index is 1.72. The molecule has 104 valence electrons. The third kappa shape index (κ3) is 2.10. The van der Waals surface area contributed by atoms with Gasteiger partial charge >= 0.3 is 0 Å². The molecule has 0 spiro atoms. The topological polar surface area (TPSA) is 54.9 Å². The summed E-state index contributed by atoms with van der Waals surface area (Å²) >= 11 is 1.48. The average molecular weight is 295 g/mol. The molecule has 0 aliphatic heterocycles. The van der Waals surface area contributed by atoms with Crippen molar-refractivity contribution < 1.29 is 4.79 Å². The summed E-state index contributed by atoms with van der Waals surface area (Å²) in [4.78, 5) is 20.4. The van der Waals surface area contributed by atoms with Gasteiger partial charge in [-0.2, -0.15) is 0 Å². The molecule has 0 bridgehead atoms. The smallest absolute Gasteiger partial charge is 0.160 e. The van der Waals surface area contributed by atoms with E-state index in [4.69, 9.17) is 0 Å². The minimum atomic E-state index is 0.279. The normalized spacial score (nSPS) is 16.9. The van der Waals surface area contributed by atoms with Crippen LogP contribution in [0, 0.1) is 0 Å². The third-order valence-electron chi connectivity index (χ3n) is 3.85. The number of aldehydes is 1. The Morgan fingerprint density at radius 1 is 1.29 bits per heavy atom. The number of rotatable bonds is 3. The van der Waals surface area contributed by atoms with Crippen LogP contribution >= 0.6 is 11.3 Å². The Bertz CT molecular complexity index is 827. The number of anilines is 1. The average Bonchev–Trinajstić information content (AvgIpc) is 3.12. The summed E-state index contributed by atoms with van der Waals surface area (Å²) in [6.07, 6.45) is 6.56. The van der Waals surface area contributed by atoms with E-state index in [1.807, 2.05) is 24.4 Å². The van der Waals surface area contributed by atoms with Gasteiger partial charge in [0.2, 0.25) is 0 Å². The molecule has 3 aromatic heterocycles. The minimum Gasteiger partial charge on any atom is -0.377 e. The van der Waals surface area contributed by atoms with Crippen LogP contribution in [-0.4, -0.2) is 16.3 Å². The van der Waals surface area contributed by atoms with Gasteiger partial charge in [-0.1, -0.05) is 6.07 Å². The van der Waals surface area contributed by atoms with Crippen LogP contribution in [0.25, 0.3) is 10.2 Å². The lowest BCUT2D eigenvalue weighted by atomic mass is 10.1. The van der Waals surface area contributed by atoms with E-state index in [0.717, 1.165) is 35.0 Å². The van der Waals surface area contributed by atoms with E-state index in [1.54, 1.807) is 6.20 Å². The molecular formula is C16H13N3OS. The predicted molar refractivity (Wildman–Crippen MR) is 83.9 cm³/mol. The van der Waals surface area contributed by atoms with Crippen molar-refractivity contribution in [2.24, 2.45) is 0 Å². The number of carbonyl (C=O) groups is 1. The molecule has 0 saturated heterocycles. The molecular weight excluding hydrogens is 282 g/mol. The second-order valence-electron chi connectivity index (χ2n) is 5.11. The number of hydrogen-bond acceptors (Lipinski definition) is 5. The van der Waals surface area contributed by atoms with Crippen LogP contribution in [0.1, 0.15) is 33.4 Å². The maximum atomic E-state index is 10.9. The summed E-state index contributed by atoms with van der Waals surface area (Å²) in [5, 5.41) is 3.59. The molecule has 0 amide bonds. The summed E-state index contributed by atoms with van der Waals surface area (Å²) in [6.45, 7) is 0. The second kappa shape index (κ2) is 4.93. The van der Waals surface area contributed by atoms with Crippen molar-refractivity contribution in [1.29, 1.82) is 0 Å². The van der Waals surface area contributed by atoms with Crippen LogP contribution in [0.3, 0.4) is 0 Å². The first kappa shape index (κ1) is 12.5. The predicted octanol–water partition coefficient (Wildman–Crippen LogP) is 3.60. The molecule has 0 unspecified atom stereocenters. The zero-order valence-corrected chi connectivity index (χ0v) is 12.1. The molecule has 4 nitrogen and oxygen atoms in total. The largest absolute Gasteiger partial charge is 0.377 e. The number of carbonyl (C=O) groups excluding carboxylic acids is 1. The lowest BCUT2D eigenvalue weighted by molar-refractivity contribution is 0.112. The fraction of sp³-hybridized carbons (Fsp3) is 0.188. The van der Waals surface area contributed by atoms with E-state index in [9.17, 15) is 4.79 Å². The summed E-state index contributed by atoms with van der Waals surface area (Å²) in [7, 11) is 0. The molecule has 1 atom stereocenters. The fourth-order valence-corrected chi connectivity index (χ4v) is 3.79. The van der Waals surface area contributed by atoms with Crippen LogP contribution in [0.15, 0.2) is 36.7 Å².